The van der Waals surface area contributed by atoms with Gasteiger partial charge < -0.3 is 4.52 Å². The van der Waals surface area contributed by atoms with E-state index in [0.29, 0.717) is 5.02 Å². The predicted octanol–water partition coefficient (Wildman–Crippen LogP) is 1.57. The number of carbonyl (C=O) groups is 1. The first kappa shape index (κ1) is 15.5. The van der Waals surface area contributed by atoms with Gasteiger partial charge in [-0.05, 0) is 32.0 Å². The number of rotatable bonds is 4. The number of hydrazine groups is 1. The van der Waals surface area contributed by atoms with Crippen molar-refractivity contribution < 1.29 is 17.7 Å². The molecule has 112 valence electrons. The van der Waals surface area contributed by atoms with Crippen LogP contribution in [-0.4, -0.2) is 19.5 Å². The van der Waals surface area contributed by atoms with Gasteiger partial charge in [0.15, 0.2) is 5.76 Å². The minimum Gasteiger partial charge on any atom is -0.360 e. The molecule has 0 atom stereocenters. The average Bonchev–Trinajstić information content (AvgIpc) is 2.76. The molecule has 0 aliphatic carbocycles. The van der Waals surface area contributed by atoms with E-state index in [0.717, 1.165) is 0 Å². The summed E-state index contributed by atoms with van der Waals surface area (Å²) < 4.78 is 29.0. The van der Waals surface area contributed by atoms with E-state index in [1.165, 1.54) is 26.0 Å². The van der Waals surface area contributed by atoms with E-state index in [2.05, 4.69) is 10.6 Å². The molecule has 0 spiro atoms. The second kappa shape index (κ2) is 5.84. The lowest BCUT2D eigenvalue weighted by Gasteiger charge is -2.08. The van der Waals surface area contributed by atoms with Gasteiger partial charge in [-0.25, -0.2) is 8.42 Å². The van der Waals surface area contributed by atoms with Gasteiger partial charge in [-0.2, -0.15) is 0 Å². The van der Waals surface area contributed by atoms with Gasteiger partial charge in [0.2, 0.25) is 0 Å². The molecule has 0 fully saturated rings. The minimum absolute atomic E-state index is 0.103. The Bertz CT molecular complexity index is 766. The molecule has 1 amide bonds. The summed E-state index contributed by atoms with van der Waals surface area (Å²) in [6.07, 6.45) is 0. The van der Waals surface area contributed by atoms with Crippen LogP contribution in [0.25, 0.3) is 0 Å². The van der Waals surface area contributed by atoms with E-state index in [9.17, 15) is 13.2 Å². The molecule has 0 saturated carbocycles. The maximum absolute atomic E-state index is 12.1. The van der Waals surface area contributed by atoms with Gasteiger partial charge in [0.05, 0.1) is 0 Å². The number of hydrogen-bond acceptors (Lipinski definition) is 5. The molecule has 9 heteroatoms. The molecule has 0 aliphatic heterocycles. The fourth-order valence-electron chi connectivity index (χ4n) is 1.72. The number of carbonyl (C=O) groups excluding carboxylic acids is 1. The molecule has 1 aromatic heterocycles. The van der Waals surface area contributed by atoms with Crippen LogP contribution in [0.5, 0.6) is 0 Å². The molecule has 0 bridgehead atoms. The Kier molecular flexibility index (Phi) is 4.31. The molecule has 7 nitrogen and oxygen atoms in total. The summed E-state index contributed by atoms with van der Waals surface area (Å²) >= 11 is 5.76. The summed E-state index contributed by atoms with van der Waals surface area (Å²) in [7, 11) is -3.96. The Morgan fingerprint density at radius 2 is 2.05 bits per heavy atom. The van der Waals surface area contributed by atoms with Crippen molar-refractivity contribution in [2.24, 2.45) is 0 Å². The molecule has 1 heterocycles. The van der Waals surface area contributed by atoms with Crippen molar-refractivity contribution in [3.8, 4) is 0 Å². The maximum atomic E-state index is 12.1. The molecular weight excluding hydrogens is 318 g/mol. The zero-order chi connectivity index (χ0) is 15.6. The number of aromatic nitrogens is 1. The Morgan fingerprint density at radius 3 is 2.62 bits per heavy atom. The van der Waals surface area contributed by atoms with E-state index < -0.39 is 15.9 Å². The van der Waals surface area contributed by atoms with E-state index in [-0.39, 0.29) is 21.9 Å². The lowest BCUT2D eigenvalue weighted by atomic mass is 10.2. The lowest BCUT2D eigenvalue weighted by molar-refractivity contribution is 0.0945. The highest BCUT2D eigenvalue weighted by molar-refractivity contribution is 7.89. The standard InChI is InChI=1S/C12H12ClN3O4S/c1-7-11(8(2)20-15-7)21(18,19)16-14-12(17)9-4-3-5-10(13)6-9/h3-6,16H,1-2H3,(H,14,17). The molecule has 2 rings (SSSR count). The van der Waals surface area contributed by atoms with Gasteiger partial charge in [-0.15, -0.1) is 4.83 Å². The lowest BCUT2D eigenvalue weighted by Crippen LogP contribution is -2.41. The first-order chi connectivity index (χ1) is 9.81. The average molecular weight is 330 g/mol. The third kappa shape index (κ3) is 3.41. The van der Waals surface area contributed by atoms with Crippen LogP contribution >= 0.6 is 11.6 Å². The van der Waals surface area contributed by atoms with Crippen molar-refractivity contribution in [1.29, 1.82) is 0 Å². The summed E-state index contributed by atoms with van der Waals surface area (Å²) in [5.74, 6) is -0.496. The second-order valence-electron chi connectivity index (χ2n) is 4.22. The van der Waals surface area contributed by atoms with E-state index in [1.54, 1.807) is 12.1 Å². The van der Waals surface area contributed by atoms with Gasteiger partial charge >= 0.3 is 0 Å². The molecule has 1 aromatic carbocycles. The minimum atomic E-state index is -3.96. The van der Waals surface area contributed by atoms with Crippen LogP contribution in [-0.2, 0) is 10.0 Å². The van der Waals surface area contributed by atoms with Gasteiger partial charge in [0.1, 0.15) is 10.6 Å². The van der Waals surface area contributed by atoms with Gasteiger partial charge in [-0.1, -0.05) is 22.8 Å². The van der Waals surface area contributed by atoms with E-state index >= 15 is 0 Å². The Morgan fingerprint density at radius 1 is 1.33 bits per heavy atom. The number of nitrogens with zero attached hydrogens (tertiary/aromatic N) is 1. The Hall–Kier alpha value is -1.90. The van der Waals surface area contributed by atoms with Gasteiger partial charge in [0, 0.05) is 10.6 Å². The molecule has 0 aliphatic rings. The van der Waals surface area contributed by atoms with Crippen molar-refractivity contribution in [1.82, 2.24) is 15.4 Å². The monoisotopic (exact) mass is 329 g/mol. The summed E-state index contributed by atoms with van der Waals surface area (Å²) in [6.45, 7) is 2.96. The number of amides is 1. The Labute approximate surface area is 126 Å². The molecule has 2 N–H and O–H groups in total. The largest absolute Gasteiger partial charge is 0.360 e. The molecular formula is C12H12ClN3O4S. The maximum Gasteiger partial charge on any atom is 0.266 e. The fourth-order valence-corrected chi connectivity index (χ4v) is 3.09. The number of hydrogen-bond donors (Lipinski definition) is 2. The third-order valence-corrected chi connectivity index (χ3v) is 4.35. The van der Waals surface area contributed by atoms with Crippen molar-refractivity contribution in [2.45, 2.75) is 18.7 Å². The second-order valence-corrected chi connectivity index (χ2v) is 6.28. The normalized spacial score (nSPS) is 11.4. The smallest absolute Gasteiger partial charge is 0.266 e. The fraction of sp³-hybridized carbons (Fsp3) is 0.167. The zero-order valence-corrected chi connectivity index (χ0v) is 12.7. The van der Waals surface area contributed by atoms with Crippen LogP contribution in [0.15, 0.2) is 33.7 Å². The van der Waals surface area contributed by atoms with Crippen molar-refractivity contribution in [2.75, 3.05) is 0 Å². The van der Waals surface area contributed by atoms with Crippen LogP contribution < -0.4 is 10.3 Å². The third-order valence-electron chi connectivity index (χ3n) is 2.62. The summed E-state index contributed by atoms with van der Waals surface area (Å²) in [5, 5.41) is 3.93. The molecule has 0 radical (unpaired) electrons. The van der Waals surface area contributed by atoms with Crippen LogP contribution in [0, 0.1) is 13.8 Å². The number of aryl methyl sites for hydroxylation is 2. The number of nitrogens with one attached hydrogen (secondary N) is 2. The topological polar surface area (TPSA) is 101 Å². The van der Waals surface area contributed by atoms with E-state index in [1.807, 2.05) is 4.83 Å². The van der Waals surface area contributed by atoms with Crippen LogP contribution in [0.1, 0.15) is 21.8 Å². The predicted molar refractivity (Wildman–Crippen MR) is 75.2 cm³/mol. The number of benzene rings is 1. The van der Waals surface area contributed by atoms with Crippen molar-refractivity contribution in [3.05, 3.63) is 46.3 Å². The highest BCUT2D eigenvalue weighted by Crippen LogP contribution is 2.18. The zero-order valence-electron chi connectivity index (χ0n) is 11.2. The van der Waals surface area contributed by atoms with Crippen LogP contribution in [0.2, 0.25) is 5.02 Å². The van der Waals surface area contributed by atoms with Crippen LogP contribution in [0.4, 0.5) is 0 Å². The highest BCUT2D eigenvalue weighted by Gasteiger charge is 2.24. The van der Waals surface area contributed by atoms with Crippen LogP contribution in [0.3, 0.4) is 0 Å². The van der Waals surface area contributed by atoms with Crippen molar-refractivity contribution >= 4 is 27.5 Å². The first-order valence-electron chi connectivity index (χ1n) is 5.82. The molecule has 21 heavy (non-hydrogen) atoms. The first-order valence-corrected chi connectivity index (χ1v) is 7.68. The molecule has 2 aromatic rings. The SMILES string of the molecule is Cc1noc(C)c1S(=O)(=O)NNC(=O)c1cccc(Cl)c1. The van der Waals surface area contributed by atoms with Gasteiger partial charge in [-0.3, -0.25) is 10.2 Å². The number of halogens is 1. The summed E-state index contributed by atoms with van der Waals surface area (Å²) in [6, 6.07) is 6.11. The summed E-state index contributed by atoms with van der Waals surface area (Å²) in [4.78, 5) is 13.7. The van der Waals surface area contributed by atoms with Crippen molar-refractivity contribution in [3.63, 3.8) is 0 Å². The summed E-state index contributed by atoms with van der Waals surface area (Å²) in [5.41, 5.74) is 2.54. The van der Waals surface area contributed by atoms with E-state index in [4.69, 9.17) is 16.1 Å². The quantitative estimate of drug-likeness (QED) is 0.829. The Balaban J connectivity index is 2.14. The molecule has 0 unspecified atom stereocenters. The number of sulfonamides is 1. The molecule has 0 saturated heterocycles. The highest BCUT2D eigenvalue weighted by atomic mass is 35.5. The van der Waals surface area contributed by atoms with Gasteiger partial charge in [0.25, 0.3) is 15.9 Å².